The van der Waals surface area contributed by atoms with Crippen molar-refractivity contribution in [1.82, 2.24) is 14.3 Å². The molecule has 0 bridgehead atoms. The zero-order chi connectivity index (χ0) is 15.1. The molecular formula is C16H14BrN3O2. The van der Waals surface area contributed by atoms with Gasteiger partial charge in [0.15, 0.2) is 10.4 Å². The topological polar surface area (TPSA) is 50.8 Å². The monoisotopic (exact) mass is 359 g/mol. The van der Waals surface area contributed by atoms with Gasteiger partial charge in [-0.15, -0.1) is 0 Å². The molecule has 3 aromatic rings. The fourth-order valence-corrected chi connectivity index (χ4v) is 2.91. The summed E-state index contributed by atoms with van der Waals surface area (Å²) in [6.07, 6.45) is 5.89. The van der Waals surface area contributed by atoms with Gasteiger partial charge in [0.2, 0.25) is 0 Å². The van der Waals surface area contributed by atoms with E-state index < -0.39 is 0 Å². The highest BCUT2D eigenvalue weighted by atomic mass is 79.9. The highest BCUT2D eigenvalue weighted by molar-refractivity contribution is 9.10. The van der Waals surface area contributed by atoms with Crippen molar-refractivity contribution in [3.8, 4) is 0 Å². The van der Waals surface area contributed by atoms with Gasteiger partial charge in [0.1, 0.15) is 5.65 Å². The Morgan fingerprint density at radius 3 is 2.95 bits per heavy atom. The first-order chi connectivity index (χ1) is 10.7. The zero-order valence-corrected chi connectivity index (χ0v) is 13.4. The molecule has 0 spiro atoms. The predicted molar refractivity (Wildman–Crippen MR) is 84.5 cm³/mol. The van der Waals surface area contributed by atoms with Crippen LogP contribution < -0.4 is 0 Å². The third kappa shape index (κ3) is 2.43. The van der Waals surface area contributed by atoms with Gasteiger partial charge in [-0.25, -0.2) is 4.98 Å². The van der Waals surface area contributed by atoms with E-state index in [1.807, 2.05) is 39.9 Å². The summed E-state index contributed by atoms with van der Waals surface area (Å²) in [5.41, 5.74) is 1.89. The number of pyridine rings is 1. The van der Waals surface area contributed by atoms with Crippen molar-refractivity contribution >= 4 is 27.5 Å². The first kappa shape index (κ1) is 13.6. The number of amides is 1. The number of hydrogen-bond donors (Lipinski definition) is 0. The lowest BCUT2D eigenvalue weighted by Crippen LogP contribution is -2.32. The molecule has 1 saturated carbocycles. The minimum atomic E-state index is -0.0703. The number of imidazole rings is 1. The Morgan fingerprint density at radius 2 is 2.23 bits per heavy atom. The van der Waals surface area contributed by atoms with Gasteiger partial charge in [0.05, 0.1) is 18.4 Å². The van der Waals surface area contributed by atoms with E-state index in [9.17, 15) is 4.79 Å². The molecule has 1 aliphatic rings. The van der Waals surface area contributed by atoms with Crippen LogP contribution in [-0.4, -0.2) is 26.2 Å². The van der Waals surface area contributed by atoms with E-state index in [1.54, 1.807) is 12.1 Å². The molecule has 0 radical (unpaired) electrons. The molecule has 1 fully saturated rings. The summed E-state index contributed by atoms with van der Waals surface area (Å²) in [6, 6.07) is 9.62. The molecule has 3 heterocycles. The number of nitrogens with zero attached hydrogens (tertiary/aromatic N) is 3. The van der Waals surface area contributed by atoms with Crippen LogP contribution in [0.5, 0.6) is 0 Å². The van der Waals surface area contributed by atoms with Crippen LogP contribution in [0.2, 0.25) is 0 Å². The number of halogens is 1. The van der Waals surface area contributed by atoms with Crippen molar-refractivity contribution in [2.24, 2.45) is 0 Å². The second kappa shape index (κ2) is 5.28. The van der Waals surface area contributed by atoms with E-state index in [-0.39, 0.29) is 5.91 Å². The van der Waals surface area contributed by atoms with Crippen molar-refractivity contribution in [2.45, 2.75) is 25.4 Å². The van der Waals surface area contributed by atoms with E-state index in [0.29, 0.717) is 23.0 Å². The summed E-state index contributed by atoms with van der Waals surface area (Å²) in [5.74, 6) is 0.298. The number of furan rings is 1. The third-order valence-corrected chi connectivity index (χ3v) is 4.28. The third-order valence-electron chi connectivity index (χ3n) is 3.86. The van der Waals surface area contributed by atoms with Crippen molar-refractivity contribution in [3.63, 3.8) is 0 Å². The quantitative estimate of drug-likeness (QED) is 0.716. The number of fused-ring (bicyclic) bond motifs is 1. The van der Waals surface area contributed by atoms with Gasteiger partial charge in [-0.2, -0.15) is 0 Å². The second-order valence-corrected chi connectivity index (χ2v) is 6.23. The van der Waals surface area contributed by atoms with Crippen LogP contribution in [0.4, 0.5) is 0 Å². The number of aromatic nitrogens is 2. The number of carbonyl (C=O) groups is 1. The van der Waals surface area contributed by atoms with Crippen LogP contribution in [0.3, 0.4) is 0 Å². The van der Waals surface area contributed by atoms with E-state index in [1.165, 1.54) is 0 Å². The fraction of sp³-hybridized carbons (Fsp3) is 0.250. The summed E-state index contributed by atoms with van der Waals surface area (Å²) in [6.45, 7) is 0.535. The van der Waals surface area contributed by atoms with Crippen LogP contribution in [0.15, 0.2) is 51.8 Å². The standard InChI is InChI=1S/C16H14BrN3O2/c17-14-7-6-13(22-14)16(21)20(11-4-5-11)10-12-9-18-15-3-1-2-8-19(12)15/h1-3,6-9,11H,4-5,10H2. The van der Waals surface area contributed by atoms with E-state index in [4.69, 9.17) is 4.42 Å². The largest absolute Gasteiger partial charge is 0.444 e. The molecule has 112 valence electrons. The molecule has 5 nitrogen and oxygen atoms in total. The van der Waals surface area contributed by atoms with Gasteiger partial charge >= 0.3 is 0 Å². The van der Waals surface area contributed by atoms with Crippen LogP contribution in [-0.2, 0) is 6.54 Å². The minimum absolute atomic E-state index is 0.0703. The van der Waals surface area contributed by atoms with Crippen LogP contribution in [0.1, 0.15) is 29.1 Å². The molecule has 0 saturated heterocycles. The lowest BCUT2D eigenvalue weighted by atomic mass is 10.3. The smallest absolute Gasteiger partial charge is 0.290 e. The van der Waals surface area contributed by atoms with Gasteiger partial charge < -0.3 is 13.7 Å². The molecule has 0 aliphatic heterocycles. The second-order valence-electron chi connectivity index (χ2n) is 5.45. The first-order valence-corrected chi connectivity index (χ1v) is 7.99. The Balaban J connectivity index is 1.64. The molecule has 6 heteroatoms. The molecule has 0 unspecified atom stereocenters. The molecule has 3 aromatic heterocycles. The average molecular weight is 360 g/mol. The Kier molecular flexibility index (Phi) is 3.26. The SMILES string of the molecule is O=C(c1ccc(Br)o1)N(Cc1cnc2ccccn12)C1CC1. The van der Waals surface area contributed by atoms with Gasteiger partial charge in [0.25, 0.3) is 5.91 Å². The lowest BCUT2D eigenvalue weighted by molar-refractivity contribution is 0.0693. The van der Waals surface area contributed by atoms with E-state index in [2.05, 4.69) is 20.9 Å². The summed E-state index contributed by atoms with van der Waals surface area (Å²) in [4.78, 5) is 18.9. The normalized spacial score (nSPS) is 14.4. The highest BCUT2D eigenvalue weighted by Crippen LogP contribution is 2.30. The van der Waals surface area contributed by atoms with Crippen molar-refractivity contribution in [3.05, 3.63) is 58.8 Å². The van der Waals surface area contributed by atoms with Crippen molar-refractivity contribution in [2.75, 3.05) is 0 Å². The Hall–Kier alpha value is -2.08. The molecule has 1 aliphatic carbocycles. The maximum Gasteiger partial charge on any atom is 0.290 e. The zero-order valence-electron chi connectivity index (χ0n) is 11.8. The first-order valence-electron chi connectivity index (χ1n) is 7.19. The van der Waals surface area contributed by atoms with Crippen LogP contribution in [0, 0.1) is 0 Å². The highest BCUT2D eigenvalue weighted by Gasteiger charge is 2.34. The van der Waals surface area contributed by atoms with Gasteiger partial charge in [-0.05, 0) is 53.0 Å². The molecule has 4 rings (SSSR count). The Morgan fingerprint density at radius 1 is 1.36 bits per heavy atom. The Labute approximate surface area is 135 Å². The van der Waals surface area contributed by atoms with E-state index in [0.717, 1.165) is 24.2 Å². The molecule has 22 heavy (non-hydrogen) atoms. The predicted octanol–water partition coefficient (Wildman–Crippen LogP) is 3.49. The molecule has 0 atom stereocenters. The van der Waals surface area contributed by atoms with Crippen LogP contribution in [0.25, 0.3) is 5.65 Å². The van der Waals surface area contributed by atoms with Gasteiger partial charge in [-0.1, -0.05) is 6.07 Å². The maximum atomic E-state index is 12.7. The molecule has 1 amide bonds. The van der Waals surface area contributed by atoms with E-state index >= 15 is 0 Å². The summed E-state index contributed by atoms with van der Waals surface area (Å²) in [5, 5.41) is 0. The Bertz CT molecular complexity index is 835. The summed E-state index contributed by atoms with van der Waals surface area (Å²) >= 11 is 3.24. The van der Waals surface area contributed by atoms with Crippen molar-refractivity contribution < 1.29 is 9.21 Å². The molecule has 0 N–H and O–H groups in total. The van der Waals surface area contributed by atoms with Crippen LogP contribution >= 0.6 is 15.9 Å². The summed E-state index contributed by atoms with van der Waals surface area (Å²) in [7, 11) is 0. The lowest BCUT2D eigenvalue weighted by Gasteiger charge is -2.21. The molecule has 0 aromatic carbocycles. The average Bonchev–Trinajstić information content (AvgIpc) is 3.15. The fourth-order valence-electron chi connectivity index (χ4n) is 2.60. The number of hydrogen-bond acceptors (Lipinski definition) is 3. The molecular weight excluding hydrogens is 346 g/mol. The van der Waals surface area contributed by atoms with Crippen molar-refractivity contribution in [1.29, 1.82) is 0 Å². The number of rotatable bonds is 4. The van der Waals surface area contributed by atoms with Gasteiger partial charge in [-0.3, -0.25) is 4.79 Å². The van der Waals surface area contributed by atoms with Gasteiger partial charge in [0, 0.05) is 12.2 Å². The maximum absolute atomic E-state index is 12.7. The summed E-state index contributed by atoms with van der Waals surface area (Å²) < 4.78 is 8.00. The number of carbonyl (C=O) groups excluding carboxylic acids is 1. The minimum Gasteiger partial charge on any atom is -0.444 e.